The van der Waals surface area contributed by atoms with Crippen molar-refractivity contribution < 1.29 is 19.1 Å². The molecule has 0 heterocycles. The molecule has 35 heavy (non-hydrogen) atoms. The number of hydrogen-bond donors (Lipinski definition) is 1. The van der Waals surface area contributed by atoms with Crippen LogP contribution in [-0.4, -0.2) is 26.2 Å². The molecule has 2 N–H and O–H groups in total. The molecule has 1 aliphatic rings. The Morgan fingerprint density at radius 3 is 1.63 bits per heavy atom. The number of benzene rings is 3. The highest BCUT2D eigenvalue weighted by molar-refractivity contribution is 6.04. The second-order valence-corrected chi connectivity index (χ2v) is 10.3. The molecule has 6 nitrogen and oxygen atoms in total. The smallest absolute Gasteiger partial charge is 0.339 e. The van der Waals surface area contributed by atoms with E-state index in [1.54, 1.807) is 24.3 Å². The monoisotopic (exact) mass is 472 g/mol. The van der Waals surface area contributed by atoms with Gasteiger partial charge in [-0.1, -0.05) is 52.0 Å². The second kappa shape index (κ2) is 8.77. The van der Waals surface area contributed by atoms with Gasteiger partial charge in [0, 0.05) is 0 Å². The van der Waals surface area contributed by atoms with E-state index in [1.807, 2.05) is 35.2 Å². The Kier molecular flexibility index (Phi) is 6.09. The van der Waals surface area contributed by atoms with E-state index in [1.165, 1.54) is 25.3 Å². The largest absolute Gasteiger partial charge is 0.465 e. The highest BCUT2D eigenvalue weighted by Crippen LogP contribution is 2.53. The van der Waals surface area contributed by atoms with Gasteiger partial charge in [-0.25, -0.2) is 9.59 Å². The van der Waals surface area contributed by atoms with Crippen LogP contribution in [0.25, 0.3) is 0 Å². The highest BCUT2D eigenvalue weighted by atomic mass is 16.5. The zero-order valence-electron chi connectivity index (χ0n) is 21.1. The first-order chi connectivity index (χ1) is 16.5. The summed E-state index contributed by atoms with van der Waals surface area (Å²) >= 11 is 0. The number of esters is 2. The minimum absolute atomic E-state index is 0.0236. The summed E-state index contributed by atoms with van der Waals surface area (Å²) in [6.07, 6.45) is 0.982. The summed E-state index contributed by atoms with van der Waals surface area (Å²) in [7, 11) is 2.69. The molecule has 0 radical (unpaired) electrons. The van der Waals surface area contributed by atoms with Gasteiger partial charge in [0.2, 0.25) is 0 Å². The molecule has 0 fully saturated rings. The highest BCUT2D eigenvalue weighted by Gasteiger charge is 2.43. The number of methoxy groups -OCH3 is 2. The van der Waals surface area contributed by atoms with Gasteiger partial charge in [0.05, 0.1) is 48.1 Å². The van der Waals surface area contributed by atoms with Crippen LogP contribution in [0.4, 0.5) is 22.7 Å². The van der Waals surface area contributed by atoms with Gasteiger partial charge >= 0.3 is 11.9 Å². The van der Waals surface area contributed by atoms with Gasteiger partial charge in [-0.2, -0.15) is 0 Å². The minimum atomic E-state index is -0.484. The molecule has 0 unspecified atom stereocenters. The van der Waals surface area contributed by atoms with E-state index in [9.17, 15) is 9.59 Å². The standard InChI is InChI=1S/C29H32N2O4/c1-28(2)17-29(3,4)21-16-25(22(30)15-20(21)28)31(23-13-9-7-11-18(23)26(32)34-5)24-14-10-8-12-19(24)27(33)35-6/h7-16H,17,30H2,1-6H3. The maximum atomic E-state index is 12.8. The van der Waals surface area contributed by atoms with Gasteiger partial charge < -0.3 is 20.1 Å². The molecule has 0 saturated carbocycles. The summed E-state index contributed by atoms with van der Waals surface area (Å²) in [6.45, 7) is 8.93. The molecular formula is C29H32N2O4. The Morgan fingerprint density at radius 2 is 1.17 bits per heavy atom. The van der Waals surface area contributed by atoms with Crippen molar-refractivity contribution in [3.63, 3.8) is 0 Å². The Balaban J connectivity index is 2.07. The summed E-state index contributed by atoms with van der Waals surface area (Å²) in [4.78, 5) is 27.4. The first-order valence-electron chi connectivity index (χ1n) is 11.6. The summed E-state index contributed by atoms with van der Waals surface area (Å²) < 4.78 is 10.1. The first-order valence-corrected chi connectivity index (χ1v) is 11.6. The summed E-state index contributed by atoms with van der Waals surface area (Å²) in [5, 5.41) is 0. The van der Waals surface area contributed by atoms with Gasteiger partial charge in [0.1, 0.15) is 0 Å². The van der Waals surface area contributed by atoms with Gasteiger partial charge in [0.25, 0.3) is 0 Å². The number of para-hydroxylation sites is 2. The van der Waals surface area contributed by atoms with Gasteiger partial charge in [-0.3, -0.25) is 0 Å². The van der Waals surface area contributed by atoms with Gasteiger partial charge in [-0.05, 0) is 64.8 Å². The Hall–Kier alpha value is -3.80. The third-order valence-electron chi connectivity index (χ3n) is 6.85. The fraction of sp³-hybridized carbons (Fsp3) is 0.310. The normalized spacial score (nSPS) is 15.3. The third kappa shape index (κ3) is 4.14. The zero-order chi connectivity index (χ0) is 25.5. The molecule has 6 heteroatoms. The molecule has 4 rings (SSSR count). The van der Waals surface area contributed by atoms with Crippen LogP contribution in [0, 0.1) is 0 Å². The Morgan fingerprint density at radius 1 is 0.743 bits per heavy atom. The van der Waals surface area contributed by atoms with Crippen LogP contribution in [0.1, 0.15) is 66.0 Å². The molecule has 0 aliphatic heterocycles. The fourth-order valence-corrected chi connectivity index (χ4v) is 5.51. The predicted octanol–water partition coefficient (Wildman–Crippen LogP) is 6.27. The van der Waals surface area contributed by atoms with Crippen LogP contribution in [0.3, 0.4) is 0 Å². The van der Waals surface area contributed by atoms with E-state index in [4.69, 9.17) is 15.2 Å². The molecule has 0 amide bonds. The lowest BCUT2D eigenvalue weighted by atomic mass is 9.82. The number of nitrogen functional groups attached to an aromatic ring is 1. The number of rotatable bonds is 5. The molecule has 182 valence electrons. The van der Waals surface area contributed by atoms with Crippen molar-refractivity contribution in [2.24, 2.45) is 0 Å². The fourth-order valence-electron chi connectivity index (χ4n) is 5.51. The predicted molar refractivity (Wildman–Crippen MR) is 139 cm³/mol. The summed E-state index contributed by atoms with van der Waals surface area (Å²) in [6, 6.07) is 18.4. The average Bonchev–Trinajstić information content (AvgIpc) is 3.01. The SMILES string of the molecule is COC(=O)c1ccccc1N(c1cc2c(cc1N)C(C)(C)CC2(C)C)c1ccccc1C(=O)OC. The summed E-state index contributed by atoms with van der Waals surface area (Å²) in [5.74, 6) is -0.968. The zero-order valence-corrected chi connectivity index (χ0v) is 21.1. The van der Waals surface area contributed by atoms with Crippen molar-refractivity contribution in [2.45, 2.75) is 44.9 Å². The minimum Gasteiger partial charge on any atom is -0.465 e. The number of anilines is 4. The van der Waals surface area contributed by atoms with E-state index in [0.29, 0.717) is 33.9 Å². The molecule has 0 aromatic heterocycles. The molecule has 0 atom stereocenters. The maximum Gasteiger partial charge on any atom is 0.339 e. The van der Waals surface area contributed by atoms with E-state index < -0.39 is 11.9 Å². The number of nitrogens with two attached hydrogens (primary N) is 1. The van der Waals surface area contributed by atoms with Crippen LogP contribution in [0.5, 0.6) is 0 Å². The molecule has 0 spiro atoms. The van der Waals surface area contributed by atoms with E-state index >= 15 is 0 Å². The second-order valence-electron chi connectivity index (χ2n) is 10.3. The molecule has 3 aromatic rings. The first kappa shape index (κ1) is 24.3. The number of carbonyl (C=O) groups is 2. The Labute approximate surface area is 206 Å². The van der Waals surface area contributed by atoms with Crippen LogP contribution in [0.15, 0.2) is 60.7 Å². The van der Waals surface area contributed by atoms with Crippen LogP contribution in [0.2, 0.25) is 0 Å². The lowest BCUT2D eigenvalue weighted by Crippen LogP contribution is -2.20. The van der Waals surface area contributed by atoms with E-state index in [-0.39, 0.29) is 10.8 Å². The topological polar surface area (TPSA) is 81.9 Å². The molecule has 0 bridgehead atoms. The van der Waals surface area contributed by atoms with Crippen molar-refractivity contribution in [3.05, 3.63) is 82.9 Å². The number of fused-ring (bicyclic) bond motifs is 1. The quantitative estimate of drug-likeness (QED) is 0.348. The summed E-state index contributed by atoms with van der Waals surface area (Å²) in [5.41, 5.74) is 12.1. The third-order valence-corrected chi connectivity index (χ3v) is 6.85. The van der Waals surface area contributed by atoms with Crippen molar-refractivity contribution in [1.29, 1.82) is 0 Å². The number of carbonyl (C=O) groups excluding carboxylic acids is 2. The lowest BCUT2D eigenvalue weighted by Gasteiger charge is -2.31. The van der Waals surface area contributed by atoms with E-state index in [2.05, 4.69) is 33.8 Å². The van der Waals surface area contributed by atoms with E-state index in [0.717, 1.165) is 6.42 Å². The number of ether oxygens (including phenoxy) is 2. The average molecular weight is 473 g/mol. The molecular weight excluding hydrogens is 440 g/mol. The van der Waals surface area contributed by atoms with Crippen LogP contribution in [-0.2, 0) is 20.3 Å². The molecule has 0 saturated heterocycles. The van der Waals surface area contributed by atoms with Crippen LogP contribution < -0.4 is 10.6 Å². The van der Waals surface area contributed by atoms with Crippen molar-refractivity contribution in [3.8, 4) is 0 Å². The van der Waals surface area contributed by atoms with Gasteiger partial charge in [0.15, 0.2) is 0 Å². The van der Waals surface area contributed by atoms with Crippen molar-refractivity contribution in [1.82, 2.24) is 0 Å². The van der Waals surface area contributed by atoms with Crippen LogP contribution >= 0.6 is 0 Å². The van der Waals surface area contributed by atoms with Crippen molar-refractivity contribution >= 4 is 34.7 Å². The molecule has 1 aliphatic carbocycles. The number of hydrogen-bond acceptors (Lipinski definition) is 6. The number of nitrogens with zero attached hydrogens (tertiary/aromatic N) is 1. The molecule has 3 aromatic carbocycles. The maximum absolute atomic E-state index is 12.8. The Bertz CT molecular complexity index is 1250. The van der Waals surface area contributed by atoms with Gasteiger partial charge in [-0.15, -0.1) is 0 Å². The van der Waals surface area contributed by atoms with Crippen molar-refractivity contribution in [2.75, 3.05) is 24.9 Å². The lowest BCUT2D eigenvalue weighted by molar-refractivity contribution is 0.0594.